The summed E-state index contributed by atoms with van der Waals surface area (Å²) in [5.41, 5.74) is 2.94. The van der Waals surface area contributed by atoms with Gasteiger partial charge in [0.2, 0.25) is 0 Å². The average molecular weight is 347 g/mol. The number of para-hydroxylation sites is 1. The maximum atomic E-state index is 12.6. The number of benzene rings is 2. The Labute approximate surface area is 149 Å². The fraction of sp³-hybridized carbons (Fsp3) is 0.100. The predicted molar refractivity (Wildman–Crippen MR) is 101 cm³/mol. The first-order chi connectivity index (χ1) is 12.3. The predicted octanol–water partition coefficient (Wildman–Crippen LogP) is 4.39. The fourth-order valence-corrected chi connectivity index (χ4v) is 3.69. The Kier molecular flexibility index (Phi) is 4.39. The van der Waals surface area contributed by atoms with Crippen LogP contribution in [0.5, 0.6) is 0 Å². The van der Waals surface area contributed by atoms with E-state index in [1.807, 2.05) is 48.7 Å². The van der Waals surface area contributed by atoms with E-state index in [0.29, 0.717) is 5.75 Å². The number of nitrogens with one attached hydrogen (secondary N) is 1. The molecular weight excluding hydrogens is 330 g/mol. The topological polar surface area (TPSA) is 50.7 Å². The molecule has 25 heavy (non-hydrogen) atoms. The van der Waals surface area contributed by atoms with Crippen LogP contribution in [0.15, 0.2) is 78.3 Å². The number of ketones is 1. The van der Waals surface area contributed by atoms with Crippen molar-refractivity contribution in [1.29, 1.82) is 0 Å². The number of Topliss-reactive ketones (excluding diaryl/α,β-unsaturated/α-hetero) is 1. The first kappa shape index (κ1) is 15.7. The number of imidazole rings is 1. The van der Waals surface area contributed by atoms with Crippen molar-refractivity contribution in [3.63, 3.8) is 0 Å². The lowest BCUT2D eigenvalue weighted by molar-refractivity contribution is 0.102. The van der Waals surface area contributed by atoms with Crippen molar-refractivity contribution >= 4 is 28.4 Å². The van der Waals surface area contributed by atoms with Crippen LogP contribution in [0.25, 0.3) is 10.9 Å². The van der Waals surface area contributed by atoms with Gasteiger partial charge in [0.1, 0.15) is 0 Å². The number of thioether (sulfide) groups is 1. The zero-order valence-electron chi connectivity index (χ0n) is 13.6. The zero-order valence-corrected chi connectivity index (χ0v) is 14.4. The van der Waals surface area contributed by atoms with Crippen LogP contribution in [0.1, 0.15) is 15.9 Å². The van der Waals surface area contributed by atoms with Crippen molar-refractivity contribution in [3.8, 4) is 0 Å². The highest BCUT2D eigenvalue weighted by atomic mass is 32.2. The molecule has 0 radical (unpaired) electrons. The summed E-state index contributed by atoms with van der Waals surface area (Å²) in [6.07, 6.45) is 5.52. The molecule has 0 fully saturated rings. The van der Waals surface area contributed by atoms with Gasteiger partial charge in [0.05, 0.1) is 5.75 Å². The Hall–Kier alpha value is -2.79. The molecule has 0 bridgehead atoms. The zero-order chi connectivity index (χ0) is 17.1. The summed E-state index contributed by atoms with van der Waals surface area (Å²) in [6, 6.07) is 18.1. The van der Waals surface area contributed by atoms with Crippen molar-refractivity contribution < 1.29 is 4.79 Å². The van der Waals surface area contributed by atoms with Gasteiger partial charge in [-0.15, -0.1) is 0 Å². The normalized spacial score (nSPS) is 11.0. The highest BCUT2D eigenvalue weighted by Gasteiger charge is 2.14. The van der Waals surface area contributed by atoms with E-state index in [-0.39, 0.29) is 5.78 Å². The molecule has 124 valence electrons. The van der Waals surface area contributed by atoms with Gasteiger partial charge in [-0.25, -0.2) is 4.98 Å². The summed E-state index contributed by atoms with van der Waals surface area (Å²) >= 11 is 1.48. The van der Waals surface area contributed by atoms with Crippen LogP contribution in [0, 0.1) is 0 Å². The van der Waals surface area contributed by atoms with Gasteiger partial charge < -0.3 is 9.55 Å². The summed E-state index contributed by atoms with van der Waals surface area (Å²) in [5, 5.41) is 1.83. The molecule has 4 aromatic rings. The second kappa shape index (κ2) is 6.99. The highest BCUT2D eigenvalue weighted by molar-refractivity contribution is 7.99. The van der Waals surface area contributed by atoms with Gasteiger partial charge in [-0.2, -0.15) is 0 Å². The van der Waals surface area contributed by atoms with Gasteiger partial charge in [0.25, 0.3) is 0 Å². The quantitative estimate of drug-likeness (QED) is 0.416. The Morgan fingerprint density at radius 1 is 1.08 bits per heavy atom. The standard InChI is InChI=1S/C20H17N3OS/c24-19(17-12-22-18-9-5-4-8-16(17)18)14-25-20-21-10-11-23(20)13-15-6-2-1-3-7-15/h1-12,22H,13-14H2. The minimum Gasteiger partial charge on any atom is -0.360 e. The minimum atomic E-state index is 0.108. The molecule has 0 unspecified atom stereocenters. The molecular formula is C20H17N3OS. The van der Waals surface area contributed by atoms with Crippen LogP contribution in [0.3, 0.4) is 0 Å². The number of fused-ring (bicyclic) bond motifs is 1. The molecule has 4 nitrogen and oxygen atoms in total. The van der Waals surface area contributed by atoms with Crippen molar-refractivity contribution in [2.45, 2.75) is 11.7 Å². The molecule has 2 aromatic heterocycles. The van der Waals surface area contributed by atoms with E-state index in [1.54, 1.807) is 12.4 Å². The lowest BCUT2D eigenvalue weighted by atomic mass is 10.1. The smallest absolute Gasteiger partial charge is 0.175 e. The van der Waals surface area contributed by atoms with E-state index in [1.165, 1.54) is 17.3 Å². The molecule has 1 N–H and O–H groups in total. The maximum Gasteiger partial charge on any atom is 0.175 e. The number of hydrogen-bond acceptors (Lipinski definition) is 3. The van der Waals surface area contributed by atoms with Crippen LogP contribution < -0.4 is 0 Å². The van der Waals surface area contributed by atoms with Gasteiger partial charge in [0, 0.05) is 41.6 Å². The van der Waals surface area contributed by atoms with Gasteiger partial charge in [-0.3, -0.25) is 4.79 Å². The Bertz CT molecular complexity index is 1000. The Morgan fingerprint density at radius 3 is 2.76 bits per heavy atom. The number of carbonyl (C=O) groups is 1. The van der Waals surface area contributed by atoms with E-state index >= 15 is 0 Å². The molecule has 0 aliphatic carbocycles. The molecule has 5 heteroatoms. The highest BCUT2D eigenvalue weighted by Crippen LogP contribution is 2.22. The van der Waals surface area contributed by atoms with Crippen molar-refractivity contribution in [2.75, 3.05) is 5.75 Å². The van der Waals surface area contributed by atoms with Crippen LogP contribution in [-0.4, -0.2) is 26.1 Å². The summed E-state index contributed by atoms with van der Waals surface area (Å²) < 4.78 is 2.07. The number of carbonyl (C=O) groups excluding carboxylic acids is 1. The largest absolute Gasteiger partial charge is 0.360 e. The molecule has 0 spiro atoms. The number of H-pyrrole nitrogens is 1. The van der Waals surface area contributed by atoms with E-state index in [9.17, 15) is 4.79 Å². The lowest BCUT2D eigenvalue weighted by Crippen LogP contribution is -2.05. The fourth-order valence-electron chi connectivity index (χ4n) is 2.85. The molecule has 4 rings (SSSR count). The number of nitrogens with zero attached hydrogens (tertiary/aromatic N) is 2. The first-order valence-corrected chi connectivity index (χ1v) is 9.07. The Balaban J connectivity index is 1.47. The summed E-state index contributed by atoms with van der Waals surface area (Å²) in [4.78, 5) is 20.2. The van der Waals surface area contributed by atoms with Crippen molar-refractivity contribution in [3.05, 3.63) is 84.3 Å². The third-order valence-electron chi connectivity index (χ3n) is 4.10. The van der Waals surface area contributed by atoms with Gasteiger partial charge >= 0.3 is 0 Å². The van der Waals surface area contributed by atoms with Crippen molar-refractivity contribution in [1.82, 2.24) is 14.5 Å². The minimum absolute atomic E-state index is 0.108. The van der Waals surface area contributed by atoms with E-state index < -0.39 is 0 Å². The molecule has 0 aliphatic rings. The van der Waals surface area contributed by atoms with E-state index in [2.05, 4.69) is 26.7 Å². The van der Waals surface area contributed by atoms with Crippen LogP contribution in [0.2, 0.25) is 0 Å². The summed E-state index contributed by atoms with van der Waals surface area (Å²) in [5.74, 6) is 0.477. The molecule has 0 atom stereocenters. The lowest BCUT2D eigenvalue weighted by Gasteiger charge is -2.07. The first-order valence-electron chi connectivity index (χ1n) is 8.08. The number of aromatic nitrogens is 3. The molecule has 0 saturated heterocycles. The molecule has 0 saturated carbocycles. The van der Waals surface area contributed by atoms with Gasteiger partial charge in [0.15, 0.2) is 10.9 Å². The number of rotatable bonds is 6. The third kappa shape index (κ3) is 3.37. The summed E-state index contributed by atoms with van der Waals surface area (Å²) in [6.45, 7) is 0.754. The molecule has 2 aromatic carbocycles. The second-order valence-electron chi connectivity index (χ2n) is 5.78. The van der Waals surface area contributed by atoms with Crippen molar-refractivity contribution in [2.24, 2.45) is 0 Å². The molecule has 0 aliphatic heterocycles. The molecule has 0 amide bonds. The summed E-state index contributed by atoms with van der Waals surface area (Å²) in [7, 11) is 0. The second-order valence-corrected chi connectivity index (χ2v) is 6.73. The van der Waals surface area contributed by atoms with Crippen LogP contribution >= 0.6 is 11.8 Å². The van der Waals surface area contributed by atoms with Gasteiger partial charge in [-0.1, -0.05) is 60.3 Å². The van der Waals surface area contributed by atoms with E-state index in [0.717, 1.165) is 28.2 Å². The van der Waals surface area contributed by atoms with E-state index in [4.69, 9.17) is 0 Å². The van der Waals surface area contributed by atoms with Crippen LogP contribution in [-0.2, 0) is 6.54 Å². The average Bonchev–Trinajstić information content (AvgIpc) is 3.27. The molecule has 2 heterocycles. The Morgan fingerprint density at radius 2 is 1.88 bits per heavy atom. The number of aromatic amines is 1. The third-order valence-corrected chi connectivity index (χ3v) is 5.10. The SMILES string of the molecule is O=C(CSc1nccn1Cc1ccccc1)c1c[nH]c2ccccc12. The maximum absolute atomic E-state index is 12.6. The van der Waals surface area contributed by atoms with Crippen LogP contribution in [0.4, 0.5) is 0 Å². The number of hydrogen-bond donors (Lipinski definition) is 1. The monoisotopic (exact) mass is 347 g/mol. The van der Waals surface area contributed by atoms with Gasteiger partial charge in [-0.05, 0) is 11.6 Å².